The molecule has 0 aromatic heterocycles. The number of hydrogen-bond donors (Lipinski definition) is 1. The molecular weight excluding hydrogens is 246 g/mol. The van der Waals surface area contributed by atoms with Gasteiger partial charge in [-0.15, -0.1) is 0 Å². The minimum Gasteiger partial charge on any atom is -0.481 e. The molecule has 5 heteroatoms. The van der Waals surface area contributed by atoms with Gasteiger partial charge in [0.15, 0.2) is 0 Å². The summed E-state index contributed by atoms with van der Waals surface area (Å²) in [5.41, 5.74) is -0.504. The fourth-order valence-corrected chi connectivity index (χ4v) is 2.78. The molecule has 0 aromatic carbocycles. The molecule has 0 spiro atoms. The van der Waals surface area contributed by atoms with Gasteiger partial charge in [0, 0.05) is 13.1 Å². The summed E-state index contributed by atoms with van der Waals surface area (Å²) >= 11 is 0. The average Bonchev–Trinajstić information content (AvgIpc) is 3.09. The number of rotatable bonds is 2. The summed E-state index contributed by atoms with van der Waals surface area (Å²) in [4.78, 5) is 25.0. The highest BCUT2D eigenvalue weighted by Crippen LogP contribution is 2.43. The number of carbonyl (C=O) groups excluding carboxylic acids is 1. The molecule has 2 unspecified atom stereocenters. The summed E-state index contributed by atoms with van der Waals surface area (Å²) in [5, 5.41) is 9.26. The van der Waals surface area contributed by atoms with Gasteiger partial charge in [0.2, 0.25) is 0 Å². The van der Waals surface area contributed by atoms with Gasteiger partial charge in [-0.2, -0.15) is 0 Å². The number of aliphatic carboxylic acids is 1. The van der Waals surface area contributed by atoms with E-state index in [1.54, 1.807) is 4.90 Å². The van der Waals surface area contributed by atoms with E-state index in [1.807, 2.05) is 20.8 Å². The fourth-order valence-electron chi connectivity index (χ4n) is 2.78. The van der Waals surface area contributed by atoms with Crippen LogP contribution in [-0.4, -0.2) is 40.8 Å². The summed E-state index contributed by atoms with van der Waals surface area (Å²) < 4.78 is 5.36. The molecule has 1 saturated carbocycles. The Hall–Kier alpha value is -1.26. The molecule has 0 bridgehead atoms. The minimum absolute atomic E-state index is 0.0961. The summed E-state index contributed by atoms with van der Waals surface area (Å²) in [6.07, 6.45) is 2.41. The molecular formula is C14H23NO4. The number of piperidine rings is 1. The van der Waals surface area contributed by atoms with Crippen LogP contribution in [0.5, 0.6) is 0 Å². The molecule has 108 valence electrons. The van der Waals surface area contributed by atoms with Crippen LogP contribution in [0.2, 0.25) is 0 Å². The van der Waals surface area contributed by atoms with Crippen molar-refractivity contribution in [3.8, 4) is 0 Å². The van der Waals surface area contributed by atoms with Gasteiger partial charge in [-0.3, -0.25) is 4.79 Å². The second-order valence-electron chi connectivity index (χ2n) is 6.66. The second-order valence-corrected chi connectivity index (χ2v) is 6.66. The molecule has 1 aliphatic carbocycles. The number of nitrogens with zero attached hydrogens (tertiary/aromatic N) is 1. The summed E-state index contributed by atoms with van der Waals surface area (Å²) in [6.45, 7) is 6.53. The Morgan fingerprint density at radius 1 is 1.21 bits per heavy atom. The van der Waals surface area contributed by atoms with E-state index in [0.717, 1.165) is 12.8 Å². The van der Waals surface area contributed by atoms with Crippen LogP contribution in [0.1, 0.15) is 40.0 Å². The van der Waals surface area contributed by atoms with E-state index in [9.17, 15) is 14.7 Å². The molecule has 2 fully saturated rings. The Kier molecular flexibility index (Phi) is 3.74. The standard InChI is InChI=1S/C14H23NO4/c1-14(2,3)19-13(18)15-7-6-10(12(16)17)11(8-15)9-4-5-9/h9-11H,4-8H2,1-3H3,(H,16,17). The van der Waals surface area contributed by atoms with Crippen LogP contribution >= 0.6 is 0 Å². The first-order valence-electron chi connectivity index (χ1n) is 6.98. The molecule has 1 N–H and O–H groups in total. The second kappa shape index (κ2) is 5.02. The topological polar surface area (TPSA) is 66.8 Å². The van der Waals surface area contributed by atoms with Gasteiger partial charge in [-0.05, 0) is 51.9 Å². The molecule has 0 radical (unpaired) electrons. The normalized spacial score (nSPS) is 28.1. The smallest absolute Gasteiger partial charge is 0.410 e. The molecule has 2 aliphatic rings. The first-order chi connectivity index (χ1) is 8.78. The number of hydrogen-bond acceptors (Lipinski definition) is 3. The van der Waals surface area contributed by atoms with E-state index in [0.29, 0.717) is 25.4 Å². The maximum Gasteiger partial charge on any atom is 0.410 e. The lowest BCUT2D eigenvalue weighted by Crippen LogP contribution is -2.48. The highest BCUT2D eigenvalue weighted by molar-refractivity contribution is 5.72. The van der Waals surface area contributed by atoms with Crippen molar-refractivity contribution < 1.29 is 19.4 Å². The van der Waals surface area contributed by atoms with Crippen molar-refractivity contribution in [2.24, 2.45) is 17.8 Å². The van der Waals surface area contributed by atoms with Crippen LogP contribution in [0.3, 0.4) is 0 Å². The van der Waals surface area contributed by atoms with Crippen LogP contribution in [0.4, 0.5) is 4.79 Å². The van der Waals surface area contributed by atoms with Crippen LogP contribution in [0.15, 0.2) is 0 Å². The van der Waals surface area contributed by atoms with E-state index in [1.165, 1.54) is 0 Å². The van der Waals surface area contributed by atoms with Gasteiger partial charge < -0.3 is 14.7 Å². The van der Waals surface area contributed by atoms with E-state index >= 15 is 0 Å². The number of carbonyl (C=O) groups is 2. The summed E-state index contributed by atoms with van der Waals surface area (Å²) in [7, 11) is 0. The van der Waals surface area contributed by atoms with E-state index in [-0.39, 0.29) is 17.9 Å². The van der Waals surface area contributed by atoms with Crippen LogP contribution in [0.25, 0.3) is 0 Å². The minimum atomic E-state index is -0.722. The fraction of sp³-hybridized carbons (Fsp3) is 0.857. The van der Waals surface area contributed by atoms with Gasteiger partial charge in [0.1, 0.15) is 5.60 Å². The maximum absolute atomic E-state index is 12.0. The van der Waals surface area contributed by atoms with E-state index in [2.05, 4.69) is 0 Å². The van der Waals surface area contributed by atoms with Crippen molar-refractivity contribution in [1.82, 2.24) is 4.90 Å². The third-order valence-electron chi connectivity index (χ3n) is 3.85. The van der Waals surface area contributed by atoms with Crippen LogP contribution in [-0.2, 0) is 9.53 Å². The predicted molar refractivity (Wildman–Crippen MR) is 69.8 cm³/mol. The summed E-state index contributed by atoms with van der Waals surface area (Å²) in [5.74, 6) is -0.447. The van der Waals surface area contributed by atoms with Crippen molar-refractivity contribution in [2.75, 3.05) is 13.1 Å². The molecule has 2 atom stereocenters. The van der Waals surface area contributed by atoms with Crippen molar-refractivity contribution in [1.29, 1.82) is 0 Å². The average molecular weight is 269 g/mol. The number of amides is 1. The Morgan fingerprint density at radius 2 is 1.84 bits per heavy atom. The summed E-state index contributed by atoms with van der Waals surface area (Å²) in [6, 6.07) is 0. The molecule has 1 heterocycles. The van der Waals surface area contributed by atoms with Crippen molar-refractivity contribution in [3.63, 3.8) is 0 Å². The van der Waals surface area contributed by atoms with Crippen molar-refractivity contribution in [2.45, 2.75) is 45.6 Å². The lowest BCUT2D eigenvalue weighted by molar-refractivity contribution is -0.146. The van der Waals surface area contributed by atoms with Crippen LogP contribution < -0.4 is 0 Å². The van der Waals surface area contributed by atoms with Crippen LogP contribution in [0, 0.1) is 17.8 Å². The number of carboxylic acids is 1. The highest BCUT2D eigenvalue weighted by Gasteiger charge is 2.44. The number of likely N-dealkylation sites (tertiary alicyclic amines) is 1. The van der Waals surface area contributed by atoms with Crippen molar-refractivity contribution in [3.05, 3.63) is 0 Å². The molecule has 1 amide bonds. The Morgan fingerprint density at radius 3 is 2.32 bits per heavy atom. The Bertz CT molecular complexity index is 370. The van der Waals surface area contributed by atoms with Gasteiger partial charge in [-0.25, -0.2) is 4.79 Å². The quantitative estimate of drug-likeness (QED) is 0.835. The molecule has 5 nitrogen and oxygen atoms in total. The zero-order valence-electron chi connectivity index (χ0n) is 11.9. The molecule has 0 aromatic rings. The molecule has 1 aliphatic heterocycles. The Balaban J connectivity index is 1.98. The van der Waals surface area contributed by atoms with E-state index in [4.69, 9.17) is 4.74 Å². The number of carboxylic acid groups (broad SMARTS) is 1. The third kappa shape index (κ3) is 3.61. The van der Waals surface area contributed by atoms with Gasteiger partial charge in [0.05, 0.1) is 5.92 Å². The largest absolute Gasteiger partial charge is 0.481 e. The molecule has 2 rings (SSSR count). The first kappa shape index (κ1) is 14.2. The van der Waals surface area contributed by atoms with Gasteiger partial charge in [0.25, 0.3) is 0 Å². The zero-order valence-corrected chi connectivity index (χ0v) is 11.9. The SMILES string of the molecule is CC(C)(C)OC(=O)N1CCC(C(=O)O)C(C2CC2)C1. The maximum atomic E-state index is 12.0. The van der Waals surface area contributed by atoms with Gasteiger partial charge in [-0.1, -0.05) is 0 Å². The van der Waals surface area contributed by atoms with E-state index < -0.39 is 11.6 Å². The molecule has 19 heavy (non-hydrogen) atoms. The Labute approximate surface area is 113 Å². The predicted octanol–water partition coefficient (Wildman–Crippen LogP) is 2.35. The van der Waals surface area contributed by atoms with Crippen molar-refractivity contribution >= 4 is 12.1 Å². The first-order valence-corrected chi connectivity index (χ1v) is 6.98. The highest BCUT2D eigenvalue weighted by atomic mass is 16.6. The third-order valence-corrected chi connectivity index (χ3v) is 3.85. The molecule has 1 saturated heterocycles. The number of ether oxygens (including phenoxy) is 1. The monoisotopic (exact) mass is 269 g/mol. The lowest BCUT2D eigenvalue weighted by atomic mass is 9.82. The van der Waals surface area contributed by atoms with Gasteiger partial charge >= 0.3 is 12.1 Å². The zero-order chi connectivity index (χ0) is 14.2. The lowest BCUT2D eigenvalue weighted by Gasteiger charge is -2.37.